The Morgan fingerprint density at radius 3 is 2.16 bits per heavy atom. The lowest BCUT2D eigenvalue weighted by atomic mass is 9.55. The Hall–Kier alpha value is -1.62. The van der Waals surface area contributed by atoms with Crippen molar-refractivity contribution < 1.29 is 46.8 Å². The average Bonchev–Trinajstić information content (AvgIpc) is 3.21. The third-order valence-corrected chi connectivity index (χ3v) is 10.4. The van der Waals surface area contributed by atoms with Gasteiger partial charge >= 0.3 is 12.4 Å². The molecule has 3 saturated carbocycles. The van der Waals surface area contributed by atoms with Crippen LogP contribution in [-0.4, -0.2) is 56.2 Å². The summed E-state index contributed by atoms with van der Waals surface area (Å²) in [6, 6.07) is 0. The number of alkyl halides is 6. The lowest BCUT2D eigenvalue weighted by Gasteiger charge is -2.49. The molecule has 0 spiro atoms. The molecule has 4 N–H and O–H groups in total. The van der Waals surface area contributed by atoms with Crippen molar-refractivity contribution in [2.75, 3.05) is 0 Å². The standard InChI is InChI=1S/C33H48F6O4/c1-21-23(19-24(40)20-26(21)41)11-10-22-9-6-17-30(5)25(22)12-13-27(30)29(4,15-7-14-28(2,3)42)16-8-18-31(43,32(34,35)36)33(37,38)39/h8,10-11,18,24-27,40-43H,1,6-7,9,12-17,19-20H2,2-5H3/b18-8+,22-10+,23-11-/t24-,25?,26+,27-,29-,30+/m1/s1. The molecule has 1 unspecified atom stereocenters. The quantitative estimate of drug-likeness (QED) is 0.156. The van der Waals surface area contributed by atoms with E-state index in [0.29, 0.717) is 31.3 Å². The molecule has 6 atom stereocenters. The molecule has 0 aliphatic heterocycles. The summed E-state index contributed by atoms with van der Waals surface area (Å²) >= 11 is 0. The molecule has 10 heteroatoms. The van der Waals surface area contributed by atoms with Gasteiger partial charge in [0.2, 0.25) is 0 Å². The second-order valence-electron chi connectivity index (χ2n) is 14.3. The van der Waals surface area contributed by atoms with Crippen LogP contribution < -0.4 is 0 Å². The molecule has 3 rings (SSSR count). The zero-order valence-electron chi connectivity index (χ0n) is 25.7. The molecule has 3 fully saturated rings. The normalized spacial score (nSPS) is 32.9. The maximum absolute atomic E-state index is 13.4. The second kappa shape index (κ2) is 12.6. The number of fused-ring (bicyclic) bond motifs is 1. The van der Waals surface area contributed by atoms with E-state index in [0.717, 1.165) is 43.8 Å². The van der Waals surface area contributed by atoms with Gasteiger partial charge < -0.3 is 20.4 Å². The lowest BCUT2D eigenvalue weighted by Crippen LogP contribution is -2.55. The minimum absolute atomic E-state index is 0.0223. The fourth-order valence-electron chi connectivity index (χ4n) is 8.04. The Kier molecular flexibility index (Phi) is 10.5. The van der Waals surface area contributed by atoms with Gasteiger partial charge in [0.15, 0.2) is 0 Å². The van der Waals surface area contributed by atoms with E-state index >= 15 is 0 Å². The second-order valence-corrected chi connectivity index (χ2v) is 14.3. The van der Waals surface area contributed by atoms with Crippen molar-refractivity contribution in [3.8, 4) is 0 Å². The van der Waals surface area contributed by atoms with Crippen molar-refractivity contribution in [3.63, 3.8) is 0 Å². The Labute approximate surface area is 251 Å². The zero-order valence-corrected chi connectivity index (χ0v) is 25.7. The Morgan fingerprint density at radius 2 is 1.58 bits per heavy atom. The maximum atomic E-state index is 13.4. The highest BCUT2D eigenvalue weighted by Crippen LogP contribution is 2.64. The summed E-state index contributed by atoms with van der Waals surface area (Å²) in [5, 5.41) is 40.3. The van der Waals surface area contributed by atoms with Crippen LogP contribution in [0.5, 0.6) is 0 Å². The molecule has 3 aliphatic rings. The van der Waals surface area contributed by atoms with Gasteiger partial charge in [-0.15, -0.1) is 0 Å². The molecule has 0 heterocycles. The number of aliphatic hydroxyl groups excluding tert-OH is 2. The molecule has 4 nitrogen and oxygen atoms in total. The first-order valence-corrected chi connectivity index (χ1v) is 15.2. The third-order valence-electron chi connectivity index (χ3n) is 10.4. The first-order chi connectivity index (χ1) is 19.5. The minimum Gasteiger partial charge on any atom is -0.393 e. The molecule has 0 saturated heterocycles. The van der Waals surface area contributed by atoms with Crippen molar-refractivity contribution in [1.82, 2.24) is 0 Å². The number of allylic oxidation sites excluding steroid dienone is 4. The van der Waals surface area contributed by atoms with Crippen molar-refractivity contribution in [1.29, 1.82) is 0 Å². The summed E-state index contributed by atoms with van der Waals surface area (Å²) in [4.78, 5) is 0. The maximum Gasteiger partial charge on any atom is 0.429 e. The van der Waals surface area contributed by atoms with Gasteiger partial charge in [-0.25, -0.2) is 0 Å². The predicted molar refractivity (Wildman–Crippen MR) is 154 cm³/mol. The molecule has 3 aliphatic carbocycles. The first kappa shape index (κ1) is 35.9. The summed E-state index contributed by atoms with van der Waals surface area (Å²) in [6.07, 6.45) is -2.44. The highest BCUT2D eigenvalue weighted by Gasteiger charge is 2.69. The summed E-state index contributed by atoms with van der Waals surface area (Å²) < 4.78 is 80.2. The number of hydrogen-bond donors (Lipinski definition) is 4. The molecular formula is C33H48F6O4. The van der Waals surface area contributed by atoms with Gasteiger partial charge in [-0.1, -0.05) is 50.6 Å². The van der Waals surface area contributed by atoms with E-state index in [1.165, 1.54) is 5.57 Å². The fraction of sp³-hybridized carbons (Fsp3) is 0.758. The van der Waals surface area contributed by atoms with Gasteiger partial charge in [-0.2, -0.15) is 26.3 Å². The van der Waals surface area contributed by atoms with E-state index in [9.17, 15) is 46.8 Å². The Bertz CT molecular complexity index is 1080. The van der Waals surface area contributed by atoms with Crippen LogP contribution in [0, 0.1) is 22.7 Å². The summed E-state index contributed by atoms with van der Waals surface area (Å²) in [5.41, 5.74) is -4.25. The highest BCUT2D eigenvalue weighted by molar-refractivity contribution is 5.38. The number of aliphatic hydroxyl groups is 4. The lowest BCUT2D eigenvalue weighted by molar-refractivity contribution is -0.347. The van der Waals surface area contributed by atoms with Crippen molar-refractivity contribution >= 4 is 0 Å². The van der Waals surface area contributed by atoms with Crippen LogP contribution in [0.2, 0.25) is 0 Å². The van der Waals surface area contributed by atoms with Crippen molar-refractivity contribution in [2.45, 2.75) is 134 Å². The minimum atomic E-state index is -5.92. The van der Waals surface area contributed by atoms with E-state index in [-0.39, 0.29) is 36.2 Å². The van der Waals surface area contributed by atoms with Gasteiger partial charge in [0.05, 0.1) is 17.8 Å². The largest absolute Gasteiger partial charge is 0.429 e. The Balaban J connectivity index is 1.93. The van der Waals surface area contributed by atoms with Crippen LogP contribution >= 0.6 is 0 Å². The van der Waals surface area contributed by atoms with Crippen LogP contribution in [0.25, 0.3) is 0 Å². The smallest absolute Gasteiger partial charge is 0.393 e. The van der Waals surface area contributed by atoms with Gasteiger partial charge in [-0.05, 0) is 112 Å². The van der Waals surface area contributed by atoms with Crippen LogP contribution in [0.4, 0.5) is 26.3 Å². The zero-order chi connectivity index (χ0) is 32.6. The van der Waals surface area contributed by atoms with Crippen LogP contribution in [-0.2, 0) is 0 Å². The van der Waals surface area contributed by atoms with E-state index < -0.39 is 41.2 Å². The molecule has 0 aromatic heterocycles. The molecular weight excluding hydrogens is 574 g/mol. The topological polar surface area (TPSA) is 80.9 Å². The SMILES string of the molecule is C=C1/C(=C\C=C2/CCC[C@@]3(C)C2CC[C@@H]3[C@@](C)(C/C=C/C(O)(C(F)(F)F)C(F)(F)F)CCCC(C)(C)O)C[C@@H](O)C[C@@H]1O. The van der Waals surface area contributed by atoms with Crippen LogP contribution in [0.3, 0.4) is 0 Å². The molecule has 0 aromatic carbocycles. The van der Waals surface area contributed by atoms with E-state index in [1.807, 2.05) is 19.1 Å². The highest BCUT2D eigenvalue weighted by atomic mass is 19.4. The van der Waals surface area contributed by atoms with E-state index in [2.05, 4.69) is 13.5 Å². The average molecular weight is 623 g/mol. The molecule has 0 aromatic rings. The van der Waals surface area contributed by atoms with Crippen LogP contribution in [0.1, 0.15) is 98.3 Å². The number of rotatable bonds is 9. The van der Waals surface area contributed by atoms with E-state index in [4.69, 9.17) is 0 Å². The molecule has 0 bridgehead atoms. The summed E-state index contributed by atoms with van der Waals surface area (Å²) in [7, 11) is 0. The van der Waals surface area contributed by atoms with E-state index in [1.54, 1.807) is 13.8 Å². The third kappa shape index (κ3) is 7.79. The number of halogens is 6. The van der Waals surface area contributed by atoms with Gasteiger partial charge in [-0.3, -0.25) is 0 Å². The summed E-state index contributed by atoms with van der Waals surface area (Å²) in [6.45, 7) is 11.4. The Morgan fingerprint density at radius 1 is 0.953 bits per heavy atom. The van der Waals surface area contributed by atoms with Gasteiger partial charge in [0.25, 0.3) is 5.60 Å². The monoisotopic (exact) mass is 622 g/mol. The first-order valence-electron chi connectivity index (χ1n) is 15.2. The van der Waals surface area contributed by atoms with Gasteiger partial charge in [0.1, 0.15) is 0 Å². The van der Waals surface area contributed by atoms with Crippen molar-refractivity contribution in [2.24, 2.45) is 22.7 Å². The molecule has 43 heavy (non-hydrogen) atoms. The molecule has 246 valence electrons. The molecule has 0 amide bonds. The summed E-state index contributed by atoms with van der Waals surface area (Å²) in [5.74, 6) is 0.139. The fourth-order valence-corrected chi connectivity index (χ4v) is 8.04. The van der Waals surface area contributed by atoms with Gasteiger partial charge in [0, 0.05) is 6.42 Å². The van der Waals surface area contributed by atoms with Crippen molar-refractivity contribution in [3.05, 3.63) is 47.6 Å². The molecule has 0 radical (unpaired) electrons. The van der Waals surface area contributed by atoms with Crippen LogP contribution in [0.15, 0.2) is 47.6 Å². The number of hydrogen-bond acceptors (Lipinski definition) is 4. The predicted octanol–water partition coefficient (Wildman–Crippen LogP) is 7.88.